The molecule has 0 radical (unpaired) electrons. The highest BCUT2D eigenvalue weighted by molar-refractivity contribution is 5.92. The largest absolute Gasteiger partial charge is 0.507 e. The molecule has 492 valence electrons. The highest BCUT2D eigenvalue weighted by Crippen LogP contribution is 2.43. The minimum atomic E-state index is -2.17. The van der Waals surface area contributed by atoms with Crippen molar-refractivity contribution in [3.63, 3.8) is 0 Å². The third-order valence-corrected chi connectivity index (χ3v) is 15.4. The van der Waals surface area contributed by atoms with Crippen molar-refractivity contribution in [1.29, 1.82) is 0 Å². The Bertz CT molecular complexity index is 4250. The predicted molar refractivity (Wildman–Crippen MR) is 341 cm³/mol. The fraction of sp³-hybridized carbons (Fsp3) is 0.230. The van der Waals surface area contributed by atoms with Crippen molar-refractivity contribution in [2.75, 3.05) is 13.7 Å². The second-order valence-electron chi connectivity index (χ2n) is 22.1. The van der Waals surface area contributed by atoms with E-state index in [1.54, 1.807) is 78.9 Å². The molecule has 9 aromatic rings. The number of hydrogen-bond acceptors (Lipinski definition) is 22. The summed E-state index contributed by atoms with van der Waals surface area (Å²) >= 11 is 0. The maximum absolute atomic E-state index is 15.7. The highest BCUT2D eigenvalue weighted by Gasteiger charge is 2.58. The van der Waals surface area contributed by atoms with Gasteiger partial charge in [-0.1, -0.05) is 133 Å². The van der Waals surface area contributed by atoms with E-state index in [-0.39, 0.29) is 69.6 Å². The SMILES string of the molecule is COc1cc(-c2oc3cc(OCc4ccccc4)cc(O)c3c(=O)c2O[C@@H]2O[C@H](COC(C)=O)[C@@H](OC(C)=O)[C@H](OC(=O)c3ccccc3)[C@H]2O[C@@H]2O[C@@H](C)[C@H](OC(=O)c3ccccc3)[C@@H](OC(=O)c3ccccc3)[C@H]2OC(=O)c2ccccc2)ccc1OCc1ccccc1. The van der Waals surface area contributed by atoms with E-state index in [1.165, 1.54) is 86.8 Å². The standard InChI is InChI=1S/C74H64O22/c1-43-61(91-69(79)48-27-15-7-16-28-48)65(92-70(80)49-29-17-8-18-30-49)67(94-72(82)51-33-21-10-22-34-51)73(87-43)96-68-66(93-71(81)50-31-19-9-20-32-50)63(88-45(3)76)58(42-84-44(2)75)90-74(68)95-64-60(78)59-54(77)38-53(85-40-46-23-11-5-12-24-46)39-57(59)89-62(64)52-35-36-55(56(37-52)83-4)86-41-47-25-13-6-14-26-47/h5-39,43,58,61,63,65-68,73-74,77H,40-42H2,1-4H3/t43-,58+,61-,63+,65+,66-,67+,68+,73-,74-/m0/s1. The summed E-state index contributed by atoms with van der Waals surface area (Å²) in [5.41, 5.74) is 0.572. The van der Waals surface area contributed by atoms with E-state index in [2.05, 4.69) is 0 Å². The van der Waals surface area contributed by atoms with Crippen LogP contribution < -0.4 is 24.4 Å². The van der Waals surface area contributed by atoms with Gasteiger partial charge < -0.3 is 71.1 Å². The van der Waals surface area contributed by atoms with E-state index in [9.17, 15) is 33.9 Å². The first-order chi connectivity index (χ1) is 46.6. The predicted octanol–water partition coefficient (Wildman–Crippen LogP) is 11.0. The second-order valence-corrected chi connectivity index (χ2v) is 22.1. The summed E-state index contributed by atoms with van der Waals surface area (Å²) in [5.74, 6) is -6.88. The van der Waals surface area contributed by atoms with Crippen LogP contribution in [-0.2, 0) is 65.4 Å². The number of aromatic hydroxyl groups is 1. The lowest BCUT2D eigenvalue weighted by atomic mass is 9.96. The Morgan fingerprint density at radius 3 is 1.46 bits per heavy atom. The van der Waals surface area contributed by atoms with Crippen molar-refractivity contribution in [3.05, 3.63) is 256 Å². The molecule has 22 heteroatoms. The zero-order chi connectivity index (χ0) is 67.2. The molecule has 11 rings (SSSR count). The lowest BCUT2D eigenvalue weighted by Crippen LogP contribution is -2.67. The zero-order valence-electron chi connectivity index (χ0n) is 52.1. The molecule has 8 aromatic carbocycles. The van der Waals surface area contributed by atoms with Gasteiger partial charge in [-0.25, -0.2) is 19.2 Å². The van der Waals surface area contributed by atoms with Gasteiger partial charge in [0.2, 0.25) is 17.5 Å². The Kier molecular flexibility index (Phi) is 21.1. The van der Waals surface area contributed by atoms with Gasteiger partial charge in [0.25, 0.3) is 0 Å². The van der Waals surface area contributed by atoms with Crippen molar-refractivity contribution in [3.8, 4) is 40.1 Å². The molecule has 22 nitrogen and oxygen atoms in total. The molecule has 96 heavy (non-hydrogen) atoms. The van der Waals surface area contributed by atoms with Gasteiger partial charge in [-0.05, 0) is 84.8 Å². The molecule has 0 unspecified atom stereocenters. The number of phenols is 1. The number of methoxy groups -OCH3 is 1. The monoisotopic (exact) mass is 1300 g/mol. The van der Waals surface area contributed by atoms with Crippen LogP contribution in [0.2, 0.25) is 0 Å². The molecular formula is C74H64O22. The van der Waals surface area contributed by atoms with Crippen LogP contribution in [0.1, 0.15) is 73.3 Å². The highest BCUT2D eigenvalue weighted by atomic mass is 16.8. The maximum Gasteiger partial charge on any atom is 0.338 e. The molecular weight excluding hydrogens is 1240 g/mol. The van der Waals surface area contributed by atoms with E-state index in [1.807, 2.05) is 60.7 Å². The lowest BCUT2D eigenvalue weighted by molar-refractivity contribution is -0.352. The number of ether oxygens (including phenoxy) is 13. The molecule has 2 aliphatic heterocycles. The van der Waals surface area contributed by atoms with E-state index in [0.29, 0.717) is 0 Å². The normalized spacial score (nSPS) is 20.5. The van der Waals surface area contributed by atoms with Crippen molar-refractivity contribution in [2.24, 2.45) is 0 Å². The van der Waals surface area contributed by atoms with Crippen molar-refractivity contribution in [1.82, 2.24) is 0 Å². The number of hydrogen-bond donors (Lipinski definition) is 1. The first kappa shape index (κ1) is 66.1. The molecule has 2 saturated heterocycles. The van der Waals surface area contributed by atoms with Gasteiger partial charge in [-0.2, -0.15) is 0 Å². The molecule has 10 atom stereocenters. The molecule has 0 bridgehead atoms. The smallest absolute Gasteiger partial charge is 0.338 e. The van der Waals surface area contributed by atoms with Crippen LogP contribution in [0.3, 0.4) is 0 Å². The number of benzene rings is 8. The summed E-state index contributed by atoms with van der Waals surface area (Å²) in [6.07, 6.45) is -18.6. The van der Waals surface area contributed by atoms with Crippen molar-refractivity contribution in [2.45, 2.75) is 95.4 Å². The summed E-state index contributed by atoms with van der Waals surface area (Å²) in [7, 11) is 1.40. The van der Waals surface area contributed by atoms with E-state index < -0.39 is 126 Å². The average molecular weight is 1310 g/mol. The van der Waals surface area contributed by atoms with Gasteiger partial charge in [0, 0.05) is 31.5 Å². The molecule has 0 amide bonds. The summed E-state index contributed by atoms with van der Waals surface area (Å²) in [6.45, 7) is 3.06. The Labute approximate surface area is 549 Å². The van der Waals surface area contributed by atoms with E-state index >= 15 is 4.79 Å². The minimum Gasteiger partial charge on any atom is -0.507 e. The van der Waals surface area contributed by atoms with Gasteiger partial charge in [0.05, 0.1) is 35.5 Å². The van der Waals surface area contributed by atoms with Crippen LogP contribution in [0.5, 0.6) is 28.7 Å². The summed E-state index contributed by atoms with van der Waals surface area (Å²) in [6, 6.07) is 56.6. The van der Waals surface area contributed by atoms with Gasteiger partial charge in [-0.3, -0.25) is 14.4 Å². The third kappa shape index (κ3) is 15.8. The topological polar surface area (TPSA) is 273 Å². The first-order valence-electron chi connectivity index (χ1n) is 30.4. The van der Waals surface area contributed by atoms with E-state index in [4.69, 9.17) is 66.0 Å². The number of esters is 6. The van der Waals surface area contributed by atoms with Crippen LogP contribution in [-0.4, -0.2) is 116 Å². The Balaban J connectivity index is 1.09. The lowest BCUT2D eigenvalue weighted by Gasteiger charge is -2.48. The summed E-state index contributed by atoms with van der Waals surface area (Å²) in [5, 5.41) is 11.5. The molecule has 3 heterocycles. The van der Waals surface area contributed by atoms with E-state index in [0.717, 1.165) is 25.0 Å². The molecule has 1 aromatic heterocycles. The number of phenolic OH excluding ortho intramolecular Hbond substituents is 1. The van der Waals surface area contributed by atoms with Crippen LogP contribution in [0, 0.1) is 0 Å². The quantitative estimate of drug-likeness (QED) is 0.0460. The molecule has 1 N–H and O–H groups in total. The molecule has 0 saturated carbocycles. The molecule has 0 spiro atoms. The number of fused-ring (bicyclic) bond motifs is 1. The number of carbonyl (C=O) groups is 6. The van der Waals surface area contributed by atoms with Gasteiger partial charge >= 0.3 is 35.8 Å². The molecule has 2 fully saturated rings. The Hall–Kier alpha value is -11.3. The maximum atomic E-state index is 15.7. The van der Waals surface area contributed by atoms with Crippen molar-refractivity contribution >= 4 is 46.8 Å². The van der Waals surface area contributed by atoms with Gasteiger partial charge in [0.15, 0.2) is 60.2 Å². The average Bonchev–Trinajstić information content (AvgIpc) is 0.754. The minimum absolute atomic E-state index is 0.0120. The zero-order valence-corrected chi connectivity index (χ0v) is 52.1. The van der Waals surface area contributed by atoms with Gasteiger partial charge in [-0.15, -0.1) is 0 Å². The second kappa shape index (κ2) is 30.6. The van der Waals surface area contributed by atoms with Crippen LogP contribution in [0.15, 0.2) is 222 Å². The third-order valence-electron chi connectivity index (χ3n) is 15.4. The number of carbonyl (C=O) groups excluding carboxylic acids is 6. The molecule has 0 aliphatic carbocycles. The summed E-state index contributed by atoms with van der Waals surface area (Å²) in [4.78, 5) is 100.0. The van der Waals surface area contributed by atoms with Crippen LogP contribution in [0.25, 0.3) is 22.3 Å². The summed E-state index contributed by atoms with van der Waals surface area (Å²) < 4.78 is 88.8. The fourth-order valence-electron chi connectivity index (χ4n) is 10.8. The first-order valence-corrected chi connectivity index (χ1v) is 30.4. The number of rotatable bonds is 23. The van der Waals surface area contributed by atoms with Crippen LogP contribution in [0.4, 0.5) is 0 Å². The Morgan fingerprint density at radius 1 is 0.479 bits per heavy atom. The van der Waals surface area contributed by atoms with Crippen LogP contribution >= 0.6 is 0 Å². The Morgan fingerprint density at radius 2 is 0.958 bits per heavy atom. The van der Waals surface area contributed by atoms with Gasteiger partial charge in [0.1, 0.15) is 48.4 Å². The van der Waals surface area contributed by atoms with Crippen molar-refractivity contribution < 1.29 is 99.9 Å². The molecule has 2 aliphatic rings. The fourth-order valence-corrected chi connectivity index (χ4v) is 10.8.